The van der Waals surface area contributed by atoms with Gasteiger partial charge in [0.05, 0.1) is 5.97 Å². The Balaban J connectivity index is 0. The molecule has 0 saturated carbocycles. The van der Waals surface area contributed by atoms with Gasteiger partial charge in [0.2, 0.25) is 0 Å². The Kier molecular flexibility index (Phi) is 7.99. The molecule has 0 saturated heterocycles. The predicted octanol–water partition coefficient (Wildman–Crippen LogP) is -2.51. The number of carboxylic acids is 1. The van der Waals surface area contributed by atoms with Crippen LogP contribution >= 0.6 is 0 Å². The number of carboxylic acid groups (broad SMARTS) is 1. The lowest BCUT2D eigenvalue weighted by atomic mass is 10.2. The van der Waals surface area contributed by atoms with Crippen molar-refractivity contribution in [3.63, 3.8) is 0 Å². The van der Waals surface area contributed by atoms with E-state index < -0.39 is 12.0 Å². The van der Waals surface area contributed by atoms with Gasteiger partial charge in [0, 0.05) is 12.6 Å². The molecule has 7 nitrogen and oxygen atoms in total. The van der Waals surface area contributed by atoms with Gasteiger partial charge in [-0.15, -0.1) is 0 Å². The van der Waals surface area contributed by atoms with Crippen LogP contribution in [-0.2, 0) is 4.79 Å². The van der Waals surface area contributed by atoms with Crippen LogP contribution in [0.25, 0.3) is 0 Å². The average Bonchev–Trinajstić information content (AvgIpc) is 1.97. The number of carbonyl (C=O) groups is 1. The maximum absolute atomic E-state index is 10.1. The highest BCUT2D eigenvalue weighted by molar-refractivity contribution is 5.75. The number of quaternary nitrogens is 1. The van der Waals surface area contributed by atoms with Crippen LogP contribution in [0.1, 0.15) is 12.8 Å². The first-order valence-electron chi connectivity index (χ1n) is 3.56. The second-order valence-electron chi connectivity index (χ2n) is 2.37. The fraction of sp³-hybridized carbons (Fsp3) is 0.667. The maximum Gasteiger partial charge on any atom is 0.185 e. The summed E-state index contributed by atoms with van der Waals surface area (Å²) in [6, 6.07) is -0.931. The fourth-order valence-corrected chi connectivity index (χ4v) is 0.637. The van der Waals surface area contributed by atoms with E-state index >= 15 is 0 Å². The van der Waals surface area contributed by atoms with E-state index in [1.807, 2.05) is 0 Å². The molecule has 7 heteroatoms. The summed E-state index contributed by atoms with van der Waals surface area (Å²) in [5.74, 6) is -1.25. The molecular formula is C6H17N5O2. The number of nitrogens with two attached hydrogens (primary N) is 3. The van der Waals surface area contributed by atoms with Gasteiger partial charge >= 0.3 is 0 Å². The van der Waals surface area contributed by atoms with Gasteiger partial charge in [-0.3, -0.25) is 4.99 Å². The Morgan fingerprint density at radius 1 is 1.46 bits per heavy atom. The molecule has 1 atom stereocenters. The highest BCUT2D eigenvalue weighted by Crippen LogP contribution is 1.93. The van der Waals surface area contributed by atoms with Crippen LogP contribution in [0.5, 0.6) is 0 Å². The van der Waals surface area contributed by atoms with Crippen LogP contribution in [0.4, 0.5) is 0 Å². The van der Waals surface area contributed by atoms with Crippen molar-refractivity contribution in [3.8, 4) is 0 Å². The van der Waals surface area contributed by atoms with Crippen molar-refractivity contribution in [3.05, 3.63) is 0 Å². The SMILES string of the molecule is NC(N)=NCCCC(N)C(=O)[O-].[NH4+]. The smallest absolute Gasteiger partial charge is 0.185 e. The molecule has 13 heavy (non-hydrogen) atoms. The minimum absolute atomic E-state index is 0. The standard InChI is InChI=1S/C6H14N4O2.H3N/c7-4(5(11)12)2-1-3-10-6(8)9;/h4H,1-3,7H2,(H,11,12)(H4,8,9,10);1H3. The van der Waals surface area contributed by atoms with E-state index in [0.29, 0.717) is 19.4 Å². The number of hydrogen-bond donors (Lipinski definition) is 4. The Labute approximate surface area is 76.6 Å². The second-order valence-corrected chi connectivity index (χ2v) is 2.37. The number of hydrogen-bond acceptors (Lipinski definition) is 4. The molecular weight excluding hydrogens is 174 g/mol. The normalized spacial score (nSPS) is 11.2. The van der Waals surface area contributed by atoms with E-state index in [9.17, 15) is 9.90 Å². The average molecular weight is 191 g/mol. The molecule has 0 amide bonds. The maximum atomic E-state index is 10.1. The summed E-state index contributed by atoms with van der Waals surface area (Å²) in [6.07, 6.45) is 0.853. The first-order chi connectivity index (χ1) is 5.54. The molecule has 10 N–H and O–H groups in total. The van der Waals surface area contributed by atoms with Gasteiger partial charge < -0.3 is 33.3 Å². The van der Waals surface area contributed by atoms with Gasteiger partial charge in [0.25, 0.3) is 0 Å². The lowest BCUT2D eigenvalue weighted by molar-refractivity contribution is -0.307. The van der Waals surface area contributed by atoms with Gasteiger partial charge in [0.1, 0.15) is 0 Å². The summed E-state index contributed by atoms with van der Waals surface area (Å²) in [4.78, 5) is 13.8. The Bertz CT molecular complexity index is 178. The zero-order valence-corrected chi connectivity index (χ0v) is 7.69. The molecule has 0 rings (SSSR count). The van der Waals surface area contributed by atoms with Crippen molar-refractivity contribution < 1.29 is 9.90 Å². The topological polar surface area (TPSA) is 167 Å². The van der Waals surface area contributed by atoms with Crippen molar-refractivity contribution in [1.29, 1.82) is 0 Å². The van der Waals surface area contributed by atoms with Crippen molar-refractivity contribution >= 4 is 11.9 Å². The summed E-state index contributed by atoms with van der Waals surface area (Å²) in [5, 5.41) is 10.1. The highest BCUT2D eigenvalue weighted by atomic mass is 16.4. The molecule has 0 spiro atoms. The third kappa shape index (κ3) is 8.57. The Hall–Kier alpha value is -1.34. The van der Waals surface area contributed by atoms with Crippen LogP contribution in [-0.4, -0.2) is 24.5 Å². The molecule has 0 aliphatic heterocycles. The number of nitrogens with zero attached hydrogens (tertiary/aromatic N) is 1. The first-order valence-corrected chi connectivity index (χ1v) is 3.56. The van der Waals surface area contributed by atoms with E-state index in [0.717, 1.165) is 0 Å². The van der Waals surface area contributed by atoms with Gasteiger partial charge in [-0.25, -0.2) is 0 Å². The van der Waals surface area contributed by atoms with Crippen LogP contribution in [0.3, 0.4) is 0 Å². The summed E-state index contributed by atoms with van der Waals surface area (Å²) in [5.41, 5.74) is 15.2. The predicted molar refractivity (Wildman–Crippen MR) is 48.9 cm³/mol. The van der Waals surface area contributed by atoms with Gasteiger partial charge in [-0.1, -0.05) is 0 Å². The third-order valence-corrected chi connectivity index (χ3v) is 1.27. The Morgan fingerprint density at radius 3 is 2.38 bits per heavy atom. The third-order valence-electron chi connectivity index (χ3n) is 1.27. The highest BCUT2D eigenvalue weighted by Gasteiger charge is 2.01. The van der Waals surface area contributed by atoms with Crippen LogP contribution in [0.15, 0.2) is 4.99 Å². The van der Waals surface area contributed by atoms with Crippen LogP contribution < -0.4 is 28.5 Å². The molecule has 0 bridgehead atoms. The molecule has 78 valence electrons. The molecule has 0 aromatic carbocycles. The molecule has 0 heterocycles. The van der Waals surface area contributed by atoms with Crippen molar-refractivity contribution in [2.24, 2.45) is 22.2 Å². The second kappa shape index (κ2) is 7.32. The van der Waals surface area contributed by atoms with E-state index in [-0.39, 0.29) is 12.1 Å². The monoisotopic (exact) mass is 191 g/mol. The quantitative estimate of drug-likeness (QED) is 0.213. The van der Waals surface area contributed by atoms with Crippen molar-refractivity contribution in [1.82, 2.24) is 6.15 Å². The first kappa shape index (κ1) is 14.2. The van der Waals surface area contributed by atoms with Crippen molar-refractivity contribution in [2.75, 3.05) is 6.54 Å². The van der Waals surface area contributed by atoms with Crippen molar-refractivity contribution in [2.45, 2.75) is 18.9 Å². The largest absolute Gasteiger partial charge is 0.548 e. The molecule has 0 aromatic rings. The minimum Gasteiger partial charge on any atom is -0.548 e. The zero-order chi connectivity index (χ0) is 9.56. The summed E-state index contributed by atoms with van der Waals surface area (Å²) < 4.78 is 0. The summed E-state index contributed by atoms with van der Waals surface area (Å²) in [7, 11) is 0. The molecule has 0 aliphatic rings. The molecule has 0 fully saturated rings. The minimum atomic E-state index is -1.25. The van der Waals surface area contributed by atoms with Gasteiger partial charge in [-0.2, -0.15) is 0 Å². The lowest BCUT2D eigenvalue weighted by Crippen LogP contribution is -2.41. The molecule has 0 aliphatic carbocycles. The lowest BCUT2D eigenvalue weighted by Gasteiger charge is -2.10. The van der Waals surface area contributed by atoms with Gasteiger partial charge in [-0.05, 0) is 12.8 Å². The number of carbonyl (C=O) groups excluding carboxylic acids is 1. The molecule has 1 unspecified atom stereocenters. The Morgan fingerprint density at radius 2 is 2.00 bits per heavy atom. The number of aliphatic carboxylic acids is 1. The van der Waals surface area contributed by atoms with Gasteiger partial charge in [0.15, 0.2) is 5.96 Å². The van der Waals surface area contributed by atoms with Crippen LogP contribution in [0, 0.1) is 0 Å². The molecule has 0 radical (unpaired) electrons. The van der Waals surface area contributed by atoms with E-state index in [1.165, 1.54) is 0 Å². The van der Waals surface area contributed by atoms with Crippen LogP contribution in [0.2, 0.25) is 0 Å². The number of guanidine groups is 1. The molecule has 0 aromatic heterocycles. The zero-order valence-electron chi connectivity index (χ0n) is 7.69. The number of aliphatic imine (C=N–C) groups is 1. The number of rotatable bonds is 5. The summed E-state index contributed by atoms with van der Waals surface area (Å²) >= 11 is 0. The fourth-order valence-electron chi connectivity index (χ4n) is 0.637. The summed E-state index contributed by atoms with van der Waals surface area (Å²) in [6.45, 7) is 0.392. The van der Waals surface area contributed by atoms with E-state index in [2.05, 4.69) is 4.99 Å². The van der Waals surface area contributed by atoms with E-state index in [4.69, 9.17) is 17.2 Å². The van der Waals surface area contributed by atoms with E-state index in [1.54, 1.807) is 0 Å².